The average molecular weight is 319 g/mol. The molecule has 0 fully saturated rings. The average Bonchev–Trinajstić information content (AvgIpc) is 2.47. The van der Waals surface area contributed by atoms with Gasteiger partial charge >= 0.3 is 41.5 Å². The van der Waals surface area contributed by atoms with Crippen LogP contribution in [0.4, 0.5) is 0 Å². The molecular weight excluding hydrogens is 301 g/mol. The summed E-state index contributed by atoms with van der Waals surface area (Å²) in [6.07, 6.45) is 2.73. The van der Waals surface area contributed by atoms with Crippen molar-refractivity contribution in [1.82, 2.24) is 5.48 Å². The van der Waals surface area contributed by atoms with Crippen LogP contribution >= 0.6 is 0 Å². The number of benzene rings is 1. The van der Waals surface area contributed by atoms with E-state index in [9.17, 15) is 14.4 Å². The standard InChI is InChI=1S/C14H17NO6.Na.H/c1-2-3-4-9-12(16)20-21-15-13(17)10-7-5-6-8-11(10)14(18)19;;/h5-8H,2-4,9H2,1H3,(H,15,17)(H,18,19);;/q;+1;-1. The maximum Gasteiger partial charge on any atom is 1.00 e. The van der Waals surface area contributed by atoms with Crippen molar-refractivity contribution in [3.63, 3.8) is 0 Å². The van der Waals surface area contributed by atoms with Gasteiger partial charge in [0, 0.05) is 6.42 Å². The summed E-state index contributed by atoms with van der Waals surface area (Å²) < 4.78 is 0. The molecule has 0 saturated carbocycles. The largest absolute Gasteiger partial charge is 1.00 e. The Morgan fingerprint density at radius 1 is 1.18 bits per heavy atom. The number of carboxylic acid groups (broad SMARTS) is 1. The Balaban J connectivity index is 0. The van der Waals surface area contributed by atoms with Crippen molar-refractivity contribution in [2.45, 2.75) is 32.6 Å². The topological polar surface area (TPSA) is 102 Å². The van der Waals surface area contributed by atoms with E-state index in [1.807, 2.05) is 12.4 Å². The molecule has 8 heteroatoms. The molecule has 0 aliphatic heterocycles. The van der Waals surface area contributed by atoms with E-state index < -0.39 is 17.8 Å². The summed E-state index contributed by atoms with van der Waals surface area (Å²) >= 11 is 0. The monoisotopic (exact) mass is 319 g/mol. The quantitative estimate of drug-likeness (QED) is 0.281. The van der Waals surface area contributed by atoms with E-state index >= 15 is 0 Å². The number of aromatic carboxylic acids is 1. The van der Waals surface area contributed by atoms with E-state index in [0.717, 1.165) is 12.8 Å². The van der Waals surface area contributed by atoms with Gasteiger partial charge in [-0.2, -0.15) is 5.48 Å². The van der Waals surface area contributed by atoms with Gasteiger partial charge in [-0.3, -0.25) is 9.68 Å². The predicted octanol–water partition coefficient (Wildman–Crippen LogP) is -0.799. The minimum absolute atomic E-state index is 0. The van der Waals surface area contributed by atoms with Crippen LogP contribution in [0, 0.1) is 0 Å². The molecule has 1 aromatic rings. The second kappa shape index (κ2) is 11.2. The molecule has 0 aliphatic rings. The fourth-order valence-electron chi connectivity index (χ4n) is 1.59. The molecule has 0 aromatic heterocycles. The molecular formula is C14H18NNaO6. The number of hydrogen-bond donors (Lipinski definition) is 2. The first-order valence-electron chi connectivity index (χ1n) is 6.55. The van der Waals surface area contributed by atoms with Gasteiger partial charge in [0.2, 0.25) is 0 Å². The van der Waals surface area contributed by atoms with Crippen molar-refractivity contribution in [2.24, 2.45) is 0 Å². The summed E-state index contributed by atoms with van der Waals surface area (Å²) in [4.78, 5) is 42.6. The second-order valence-corrected chi connectivity index (χ2v) is 4.28. The summed E-state index contributed by atoms with van der Waals surface area (Å²) in [5.74, 6) is -2.65. The number of amides is 1. The minimum Gasteiger partial charge on any atom is -1.00 e. The smallest absolute Gasteiger partial charge is 1.00 e. The van der Waals surface area contributed by atoms with Crippen molar-refractivity contribution in [3.8, 4) is 0 Å². The van der Waals surface area contributed by atoms with Crippen LogP contribution in [0.25, 0.3) is 0 Å². The molecule has 0 heterocycles. The third-order valence-electron chi connectivity index (χ3n) is 2.66. The van der Waals surface area contributed by atoms with Gasteiger partial charge in [0.05, 0.1) is 11.1 Å². The summed E-state index contributed by atoms with van der Waals surface area (Å²) in [5.41, 5.74) is 1.61. The van der Waals surface area contributed by atoms with Gasteiger partial charge in [0.1, 0.15) is 0 Å². The van der Waals surface area contributed by atoms with E-state index in [2.05, 4.69) is 9.88 Å². The zero-order chi connectivity index (χ0) is 15.7. The molecule has 2 N–H and O–H groups in total. The van der Waals surface area contributed by atoms with E-state index in [1.165, 1.54) is 24.3 Å². The van der Waals surface area contributed by atoms with E-state index in [0.29, 0.717) is 6.42 Å². The van der Waals surface area contributed by atoms with Crippen molar-refractivity contribution in [3.05, 3.63) is 35.4 Å². The molecule has 0 spiro atoms. The maximum absolute atomic E-state index is 11.7. The van der Waals surface area contributed by atoms with Gasteiger partial charge in [-0.05, 0) is 18.6 Å². The van der Waals surface area contributed by atoms with Crippen LogP contribution in [-0.4, -0.2) is 23.0 Å². The van der Waals surface area contributed by atoms with Gasteiger partial charge in [0.15, 0.2) is 0 Å². The summed E-state index contributed by atoms with van der Waals surface area (Å²) in [5, 5.41) is 8.94. The van der Waals surface area contributed by atoms with Crippen LogP contribution in [0.2, 0.25) is 0 Å². The second-order valence-electron chi connectivity index (χ2n) is 4.28. The summed E-state index contributed by atoms with van der Waals surface area (Å²) in [6.45, 7) is 2.00. The van der Waals surface area contributed by atoms with Crippen LogP contribution in [0.15, 0.2) is 24.3 Å². The number of carbonyl (C=O) groups excluding carboxylic acids is 2. The van der Waals surface area contributed by atoms with Crippen LogP contribution in [0.1, 0.15) is 54.7 Å². The Bertz CT molecular complexity index is 526. The molecule has 0 bridgehead atoms. The molecule has 0 aliphatic carbocycles. The number of unbranched alkanes of at least 4 members (excludes halogenated alkanes) is 2. The Kier molecular flexibility index (Phi) is 10.5. The molecule has 7 nitrogen and oxygen atoms in total. The number of carbonyl (C=O) groups is 3. The van der Waals surface area contributed by atoms with Crippen LogP contribution in [0.3, 0.4) is 0 Å². The Morgan fingerprint density at radius 3 is 2.41 bits per heavy atom. The minimum atomic E-state index is -1.24. The van der Waals surface area contributed by atoms with Crippen LogP contribution < -0.4 is 35.0 Å². The fraction of sp³-hybridized carbons (Fsp3) is 0.357. The first-order valence-corrected chi connectivity index (χ1v) is 6.55. The summed E-state index contributed by atoms with van der Waals surface area (Å²) in [6, 6.07) is 5.62. The van der Waals surface area contributed by atoms with Crippen LogP contribution in [0.5, 0.6) is 0 Å². The molecule has 0 unspecified atom stereocenters. The third-order valence-corrected chi connectivity index (χ3v) is 2.66. The predicted molar refractivity (Wildman–Crippen MR) is 73.3 cm³/mol. The molecule has 22 heavy (non-hydrogen) atoms. The van der Waals surface area contributed by atoms with Crippen molar-refractivity contribution < 1.29 is 60.3 Å². The molecule has 0 atom stereocenters. The number of rotatable bonds is 8. The van der Waals surface area contributed by atoms with Gasteiger partial charge < -0.3 is 6.53 Å². The Hall–Kier alpha value is -1.41. The Labute approximate surface area is 151 Å². The number of hydroxylamine groups is 1. The molecule has 1 amide bonds. The zero-order valence-corrected chi connectivity index (χ0v) is 14.6. The SMILES string of the molecule is CCCCCC(=O)OONC(=O)c1ccccc1C(=O)O.[H-].[Na+]. The molecule has 1 aromatic carbocycles. The van der Waals surface area contributed by atoms with E-state index in [4.69, 9.17) is 5.11 Å². The number of hydrogen-bond acceptors (Lipinski definition) is 5. The van der Waals surface area contributed by atoms with Gasteiger partial charge in [-0.15, -0.1) is 0 Å². The fourth-order valence-corrected chi connectivity index (χ4v) is 1.59. The first kappa shape index (κ1) is 20.6. The zero-order valence-electron chi connectivity index (χ0n) is 13.6. The van der Waals surface area contributed by atoms with Crippen LogP contribution in [-0.2, 0) is 14.7 Å². The van der Waals surface area contributed by atoms with Gasteiger partial charge in [-0.25, -0.2) is 9.59 Å². The third kappa shape index (κ3) is 7.04. The summed E-state index contributed by atoms with van der Waals surface area (Å²) in [7, 11) is 0. The normalized spacial score (nSPS) is 9.50. The van der Waals surface area contributed by atoms with Crippen molar-refractivity contribution in [2.75, 3.05) is 0 Å². The van der Waals surface area contributed by atoms with E-state index in [-0.39, 0.29) is 48.5 Å². The van der Waals surface area contributed by atoms with Gasteiger partial charge in [0.25, 0.3) is 5.91 Å². The molecule has 1 rings (SSSR count). The van der Waals surface area contributed by atoms with Crippen molar-refractivity contribution in [1.29, 1.82) is 0 Å². The Morgan fingerprint density at radius 2 is 1.82 bits per heavy atom. The van der Waals surface area contributed by atoms with Gasteiger partial charge in [-0.1, -0.05) is 36.9 Å². The molecule has 0 saturated heterocycles. The van der Waals surface area contributed by atoms with Crippen molar-refractivity contribution >= 4 is 17.8 Å². The number of carboxylic acids is 1. The molecule has 116 valence electrons. The van der Waals surface area contributed by atoms with E-state index in [1.54, 1.807) is 0 Å². The maximum atomic E-state index is 11.7. The first-order chi connectivity index (χ1) is 10.1. The number of nitrogens with one attached hydrogen (secondary N) is 1. The molecule has 0 radical (unpaired) electrons.